The maximum Gasteiger partial charge on any atom is 0.404 e. The van der Waals surface area contributed by atoms with Crippen molar-refractivity contribution < 1.29 is 15.0 Å². The molecule has 0 unspecified atom stereocenters. The van der Waals surface area contributed by atoms with E-state index in [9.17, 15) is 9.90 Å². The summed E-state index contributed by atoms with van der Waals surface area (Å²) in [5.74, 6) is 0. The Bertz CT molecular complexity index is 560. The zero-order chi connectivity index (χ0) is 15.8. The molecule has 5 nitrogen and oxygen atoms in total. The Morgan fingerprint density at radius 2 is 1.95 bits per heavy atom. The summed E-state index contributed by atoms with van der Waals surface area (Å²) >= 11 is 1.64. The van der Waals surface area contributed by atoms with Crippen LogP contribution in [0.5, 0.6) is 0 Å². The Morgan fingerprint density at radius 1 is 1.18 bits per heavy atom. The third kappa shape index (κ3) is 5.48. The van der Waals surface area contributed by atoms with Crippen LogP contribution in [0.2, 0.25) is 0 Å². The number of thiophene rings is 1. The van der Waals surface area contributed by atoms with Crippen LogP contribution in [0.1, 0.15) is 10.4 Å². The molecule has 118 valence electrons. The second kappa shape index (κ2) is 8.53. The van der Waals surface area contributed by atoms with E-state index in [2.05, 4.69) is 10.6 Å². The summed E-state index contributed by atoms with van der Waals surface area (Å²) in [7, 11) is 0. The van der Waals surface area contributed by atoms with E-state index in [0.29, 0.717) is 19.5 Å². The standard InChI is InChI=1S/C16H20N2O3S/c19-15(11-17-10-13-7-4-8-22-13)14(18-16(20)21)9-12-5-2-1-3-6-12/h1-8,14-15,17-19H,9-11H2,(H,20,21)/t14-,15+/m0/s1. The third-order valence-electron chi connectivity index (χ3n) is 3.30. The minimum Gasteiger partial charge on any atom is -0.465 e. The minimum atomic E-state index is -1.13. The fourth-order valence-electron chi connectivity index (χ4n) is 2.21. The monoisotopic (exact) mass is 320 g/mol. The van der Waals surface area contributed by atoms with Crippen LogP contribution in [-0.4, -0.2) is 35.0 Å². The number of carbonyl (C=O) groups is 1. The van der Waals surface area contributed by atoms with Crippen LogP contribution >= 0.6 is 11.3 Å². The summed E-state index contributed by atoms with van der Waals surface area (Å²) in [5, 5.41) is 26.8. The summed E-state index contributed by atoms with van der Waals surface area (Å²) in [6.07, 6.45) is -1.47. The Kier molecular flexibility index (Phi) is 6.39. The molecule has 0 aliphatic rings. The van der Waals surface area contributed by atoms with Crippen molar-refractivity contribution in [1.82, 2.24) is 10.6 Å². The van der Waals surface area contributed by atoms with E-state index in [-0.39, 0.29) is 0 Å². The SMILES string of the molecule is O=C(O)N[C@@H](Cc1ccccc1)[C@H](O)CNCc1cccs1. The van der Waals surface area contributed by atoms with Gasteiger partial charge in [-0.25, -0.2) is 4.79 Å². The minimum absolute atomic E-state index is 0.329. The number of aliphatic hydroxyl groups excluding tert-OH is 1. The smallest absolute Gasteiger partial charge is 0.404 e. The lowest BCUT2D eigenvalue weighted by Gasteiger charge is -2.23. The van der Waals surface area contributed by atoms with Gasteiger partial charge in [-0.05, 0) is 23.4 Å². The van der Waals surface area contributed by atoms with E-state index >= 15 is 0 Å². The number of amides is 1. The summed E-state index contributed by atoms with van der Waals surface area (Å²) in [4.78, 5) is 12.1. The van der Waals surface area contributed by atoms with Crippen LogP contribution in [0, 0.1) is 0 Å². The van der Waals surface area contributed by atoms with Crippen molar-refractivity contribution in [2.45, 2.75) is 25.1 Å². The molecule has 4 N–H and O–H groups in total. The molecule has 0 spiro atoms. The van der Waals surface area contributed by atoms with Gasteiger partial charge in [0.15, 0.2) is 0 Å². The topological polar surface area (TPSA) is 81.6 Å². The van der Waals surface area contributed by atoms with Crippen LogP contribution in [-0.2, 0) is 13.0 Å². The van der Waals surface area contributed by atoms with E-state index in [1.807, 2.05) is 47.8 Å². The third-order valence-corrected chi connectivity index (χ3v) is 4.18. The predicted octanol–water partition coefficient (Wildman–Crippen LogP) is 2.08. The van der Waals surface area contributed by atoms with Gasteiger partial charge in [-0.2, -0.15) is 0 Å². The van der Waals surface area contributed by atoms with Crippen molar-refractivity contribution in [2.75, 3.05) is 6.54 Å². The first kappa shape index (κ1) is 16.5. The molecule has 1 aromatic heterocycles. The Balaban J connectivity index is 1.87. The number of aliphatic hydroxyl groups is 1. The van der Waals surface area contributed by atoms with Crippen molar-refractivity contribution >= 4 is 17.4 Å². The van der Waals surface area contributed by atoms with Gasteiger partial charge in [-0.3, -0.25) is 0 Å². The van der Waals surface area contributed by atoms with Gasteiger partial charge in [0.25, 0.3) is 0 Å². The van der Waals surface area contributed by atoms with Crippen molar-refractivity contribution in [3.63, 3.8) is 0 Å². The second-order valence-corrected chi connectivity index (χ2v) is 6.06. The van der Waals surface area contributed by atoms with Crippen LogP contribution < -0.4 is 10.6 Å². The zero-order valence-electron chi connectivity index (χ0n) is 12.1. The number of nitrogens with one attached hydrogen (secondary N) is 2. The molecule has 2 aromatic rings. The van der Waals surface area contributed by atoms with Gasteiger partial charge in [0, 0.05) is 18.0 Å². The molecule has 1 heterocycles. The summed E-state index contributed by atoms with van der Waals surface area (Å²) in [6, 6.07) is 13.0. The first-order valence-corrected chi connectivity index (χ1v) is 7.97. The van der Waals surface area contributed by atoms with Crippen LogP contribution in [0.25, 0.3) is 0 Å². The van der Waals surface area contributed by atoms with Crippen LogP contribution in [0.4, 0.5) is 4.79 Å². The van der Waals surface area contributed by atoms with Gasteiger partial charge >= 0.3 is 6.09 Å². The van der Waals surface area contributed by atoms with Gasteiger partial charge in [0.1, 0.15) is 0 Å². The maximum absolute atomic E-state index is 10.9. The molecule has 0 bridgehead atoms. The van der Waals surface area contributed by atoms with E-state index in [1.54, 1.807) is 11.3 Å². The first-order chi connectivity index (χ1) is 10.6. The number of hydrogen-bond acceptors (Lipinski definition) is 4. The first-order valence-electron chi connectivity index (χ1n) is 7.09. The van der Waals surface area contributed by atoms with Crippen molar-refractivity contribution in [2.24, 2.45) is 0 Å². The molecule has 0 aliphatic carbocycles. The van der Waals surface area contributed by atoms with Gasteiger partial charge in [-0.1, -0.05) is 36.4 Å². The molecule has 0 aliphatic heterocycles. The molecule has 0 saturated heterocycles. The summed E-state index contributed by atoms with van der Waals surface area (Å²) in [5.41, 5.74) is 0.985. The fraction of sp³-hybridized carbons (Fsp3) is 0.312. The molecule has 2 atom stereocenters. The highest BCUT2D eigenvalue weighted by molar-refractivity contribution is 7.09. The molecule has 6 heteroatoms. The van der Waals surface area contributed by atoms with Crippen molar-refractivity contribution in [1.29, 1.82) is 0 Å². The molecule has 0 saturated carbocycles. The molecule has 0 radical (unpaired) electrons. The van der Waals surface area contributed by atoms with E-state index in [0.717, 1.165) is 5.56 Å². The summed E-state index contributed by atoms with van der Waals surface area (Å²) in [6.45, 7) is 0.996. The molecule has 0 fully saturated rings. The number of rotatable bonds is 8. The largest absolute Gasteiger partial charge is 0.465 e. The van der Waals surface area contributed by atoms with Gasteiger partial charge in [-0.15, -0.1) is 11.3 Å². The lowest BCUT2D eigenvalue weighted by molar-refractivity contribution is 0.117. The van der Waals surface area contributed by atoms with Gasteiger partial charge < -0.3 is 20.8 Å². The second-order valence-electron chi connectivity index (χ2n) is 5.02. The molecule has 22 heavy (non-hydrogen) atoms. The Morgan fingerprint density at radius 3 is 2.59 bits per heavy atom. The number of carboxylic acid groups (broad SMARTS) is 1. The Hall–Kier alpha value is -1.89. The Labute approximate surface area is 133 Å². The van der Waals surface area contributed by atoms with Gasteiger partial charge in [0.05, 0.1) is 12.1 Å². The lowest BCUT2D eigenvalue weighted by Crippen LogP contribution is -2.48. The highest BCUT2D eigenvalue weighted by Gasteiger charge is 2.21. The lowest BCUT2D eigenvalue weighted by atomic mass is 10.0. The predicted molar refractivity (Wildman–Crippen MR) is 87.1 cm³/mol. The van der Waals surface area contributed by atoms with Crippen molar-refractivity contribution in [3.05, 3.63) is 58.3 Å². The maximum atomic E-state index is 10.9. The number of hydrogen-bond donors (Lipinski definition) is 4. The van der Waals surface area contributed by atoms with E-state index in [4.69, 9.17) is 5.11 Å². The van der Waals surface area contributed by atoms with Gasteiger partial charge in [0.2, 0.25) is 0 Å². The molecule has 1 amide bonds. The summed E-state index contributed by atoms with van der Waals surface area (Å²) < 4.78 is 0. The van der Waals surface area contributed by atoms with E-state index < -0.39 is 18.2 Å². The molecular weight excluding hydrogens is 300 g/mol. The van der Waals surface area contributed by atoms with E-state index in [1.165, 1.54) is 4.88 Å². The quantitative estimate of drug-likeness (QED) is 0.600. The number of benzene rings is 1. The van der Waals surface area contributed by atoms with Crippen molar-refractivity contribution in [3.8, 4) is 0 Å². The normalized spacial score (nSPS) is 13.5. The molecule has 2 rings (SSSR count). The highest BCUT2D eigenvalue weighted by atomic mass is 32.1. The highest BCUT2D eigenvalue weighted by Crippen LogP contribution is 2.09. The average molecular weight is 320 g/mol. The van der Waals surface area contributed by atoms with Crippen LogP contribution in [0.3, 0.4) is 0 Å². The molecule has 1 aromatic carbocycles. The zero-order valence-corrected chi connectivity index (χ0v) is 12.9. The van der Waals surface area contributed by atoms with Crippen LogP contribution in [0.15, 0.2) is 47.8 Å². The molecular formula is C16H20N2O3S. The average Bonchev–Trinajstić information content (AvgIpc) is 3.00. The fourth-order valence-corrected chi connectivity index (χ4v) is 2.88.